The second-order valence-electron chi connectivity index (χ2n) is 12.4. The summed E-state index contributed by atoms with van der Waals surface area (Å²) in [5, 5.41) is 12.1. The van der Waals surface area contributed by atoms with Gasteiger partial charge in [-0.05, 0) is 86.4 Å². The van der Waals surface area contributed by atoms with Crippen molar-refractivity contribution in [3.05, 3.63) is 188 Å². The molecule has 6 heteroatoms. The molecule has 0 N–H and O–H groups in total. The van der Waals surface area contributed by atoms with Gasteiger partial charge in [0.05, 0.1) is 5.30 Å². The first-order chi connectivity index (χ1) is 25.6. The van der Waals surface area contributed by atoms with Gasteiger partial charge < -0.3 is 9.05 Å². The van der Waals surface area contributed by atoms with Crippen molar-refractivity contribution in [2.45, 2.75) is 0 Å². The van der Waals surface area contributed by atoms with Gasteiger partial charge in [0.25, 0.3) is 0 Å². The van der Waals surface area contributed by atoms with Crippen LogP contribution in [0.1, 0.15) is 0 Å². The molecule has 0 aliphatic rings. The summed E-state index contributed by atoms with van der Waals surface area (Å²) in [5.41, 5.74) is 2.33. The van der Waals surface area contributed by atoms with Gasteiger partial charge in [-0.2, -0.15) is 0 Å². The summed E-state index contributed by atoms with van der Waals surface area (Å²) in [7, 11) is -2.91. The average molecular weight is 731 g/mol. The highest BCUT2D eigenvalue weighted by Crippen LogP contribution is 2.51. The maximum atomic E-state index is 14.6. The first-order valence-corrected chi connectivity index (χ1v) is 21.4. The molecular weight excluding hydrogens is 693 g/mol. The Labute approximate surface area is 307 Å². The van der Waals surface area contributed by atoms with Crippen LogP contribution in [0.2, 0.25) is 0 Å². The number of hydrogen-bond acceptors (Lipinski definition) is 3. The molecule has 0 saturated carbocycles. The molecule has 8 aromatic rings. The zero-order valence-corrected chi connectivity index (χ0v) is 31.6. The van der Waals surface area contributed by atoms with E-state index in [-0.39, 0.29) is 0 Å². The standard InChI is InChI=1S/C46H37O3P3/c1-48-52(47,49-2)44-33-43(51(37-24-11-5-12-25-37)38-26-13-6-14-27-38)46(41-30-18-17-29-40(41)44)45-39-28-16-15-19-34(39)31-32-42(45)50(35-20-7-3-8-21-35)36-22-9-4-10-23-36/h3-33H,1-2H3. The molecule has 0 aliphatic carbocycles. The minimum atomic E-state index is -3.70. The monoisotopic (exact) mass is 730 g/mol. The third-order valence-corrected chi connectivity index (χ3v) is 16.3. The molecule has 0 aliphatic heterocycles. The molecule has 0 atom stereocenters. The first-order valence-electron chi connectivity index (χ1n) is 17.2. The van der Waals surface area contributed by atoms with Crippen molar-refractivity contribution in [1.82, 2.24) is 0 Å². The van der Waals surface area contributed by atoms with Crippen LogP contribution in [0.3, 0.4) is 0 Å². The summed E-state index contributed by atoms with van der Waals surface area (Å²) in [6, 6.07) is 67.0. The van der Waals surface area contributed by atoms with E-state index in [0.29, 0.717) is 5.30 Å². The van der Waals surface area contributed by atoms with Crippen LogP contribution in [0, 0.1) is 0 Å². The van der Waals surface area contributed by atoms with Crippen LogP contribution in [-0.4, -0.2) is 14.2 Å². The van der Waals surface area contributed by atoms with Crippen LogP contribution < -0.4 is 37.1 Å². The zero-order chi connectivity index (χ0) is 35.5. The Morgan fingerprint density at radius 2 is 0.788 bits per heavy atom. The molecule has 0 unspecified atom stereocenters. The molecular formula is C46H37O3P3. The number of rotatable bonds is 10. The Hall–Kier alpha value is -4.71. The van der Waals surface area contributed by atoms with Crippen LogP contribution in [0.4, 0.5) is 0 Å². The smallest absolute Gasteiger partial charge is 0.309 e. The van der Waals surface area contributed by atoms with E-state index >= 15 is 0 Å². The van der Waals surface area contributed by atoms with Crippen LogP contribution in [0.15, 0.2) is 188 Å². The minimum absolute atomic E-state index is 0.571. The van der Waals surface area contributed by atoms with Gasteiger partial charge in [0.2, 0.25) is 0 Å². The topological polar surface area (TPSA) is 35.5 Å². The highest BCUT2D eigenvalue weighted by atomic mass is 31.2. The maximum absolute atomic E-state index is 14.6. The normalized spacial score (nSPS) is 11.8. The average Bonchev–Trinajstić information content (AvgIpc) is 3.22. The lowest BCUT2D eigenvalue weighted by molar-refractivity contribution is 0.287. The molecule has 8 aromatic carbocycles. The highest BCUT2D eigenvalue weighted by Gasteiger charge is 2.34. The quantitative estimate of drug-likeness (QED) is 0.132. The van der Waals surface area contributed by atoms with Crippen molar-refractivity contribution in [1.29, 1.82) is 0 Å². The van der Waals surface area contributed by atoms with Crippen LogP contribution in [0.25, 0.3) is 32.7 Å². The Morgan fingerprint density at radius 1 is 0.404 bits per heavy atom. The summed E-state index contributed by atoms with van der Waals surface area (Å²) < 4.78 is 26.1. The Kier molecular flexibility index (Phi) is 9.99. The predicted octanol–water partition coefficient (Wildman–Crippen LogP) is 9.29. The summed E-state index contributed by atoms with van der Waals surface area (Å²) >= 11 is 0. The van der Waals surface area contributed by atoms with Gasteiger partial charge in [0.1, 0.15) is 0 Å². The number of hydrogen-bond donors (Lipinski definition) is 0. The fourth-order valence-electron chi connectivity index (χ4n) is 7.15. The maximum Gasteiger partial charge on any atom is 0.361 e. The predicted molar refractivity (Wildman–Crippen MR) is 226 cm³/mol. The second-order valence-corrected chi connectivity index (χ2v) is 19.0. The van der Waals surface area contributed by atoms with E-state index in [1.165, 1.54) is 57.1 Å². The highest BCUT2D eigenvalue weighted by molar-refractivity contribution is 7.81. The largest absolute Gasteiger partial charge is 0.361 e. The van der Waals surface area contributed by atoms with E-state index in [1.54, 1.807) is 0 Å². The number of benzene rings is 8. The summed E-state index contributed by atoms with van der Waals surface area (Å²) in [5.74, 6) is 0. The van der Waals surface area contributed by atoms with Gasteiger partial charge in [0.15, 0.2) is 0 Å². The fourth-order valence-corrected chi connectivity index (χ4v) is 13.6. The third kappa shape index (κ3) is 6.35. The first kappa shape index (κ1) is 34.4. The molecule has 0 fully saturated rings. The van der Waals surface area contributed by atoms with E-state index in [0.717, 1.165) is 21.6 Å². The van der Waals surface area contributed by atoms with Crippen molar-refractivity contribution in [2.24, 2.45) is 0 Å². The molecule has 0 aromatic heterocycles. The molecule has 8 rings (SSSR count). The molecule has 0 bridgehead atoms. The molecule has 0 saturated heterocycles. The molecule has 0 radical (unpaired) electrons. The minimum Gasteiger partial charge on any atom is -0.309 e. The van der Waals surface area contributed by atoms with E-state index in [4.69, 9.17) is 9.05 Å². The van der Waals surface area contributed by atoms with E-state index in [9.17, 15) is 4.57 Å². The lowest BCUT2D eigenvalue weighted by atomic mass is 9.93. The lowest BCUT2D eigenvalue weighted by Crippen LogP contribution is -2.28. The van der Waals surface area contributed by atoms with E-state index < -0.39 is 23.4 Å². The summed E-state index contributed by atoms with van der Waals surface area (Å²) in [6.45, 7) is 0. The molecule has 0 amide bonds. The van der Waals surface area contributed by atoms with Crippen molar-refractivity contribution < 1.29 is 13.6 Å². The fraction of sp³-hybridized carbons (Fsp3) is 0.0435. The van der Waals surface area contributed by atoms with Gasteiger partial charge in [-0.3, -0.25) is 4.57 Å². The Morgan fingerprint density at radius 3 is 1.27 bits per heavy atom. The molecule has 254 valence electrons. The summed E-state index contributed by atoms with van der Waals surface area (Å²) in [4.78, 5) is 0. The Balaban J connectivity index is 1.59. The molecule has 0 spiro atoms. The SMILES string of the molecule is COP(=O)(OC)c1cc(P(c2ccccc2)c2ccccc2)c(-c2c(P(c3ccccc3)c3ccccc3)ccc3ccccc23)c2ccccc12. The van der Waals surface area contributed by atoms with Crippen molar-refractivity contribution in [3.63, 3.8) is 0 Å². The summed E-state index contributed by atoms with van der Waals surface area (Å²) in [6.07, 6.45) is 0. The molecule has 3 nitrogen and oxygen atoms in total. The number of fused-ring (bicyclic) bond motifs is 2. The van der Waals surface area contributed by atoms with Crippen LogP contribution in [-0.2, 0) is 13.6 Å². The van der Waals surface area contributed by atoms with Gasteiger partial charge in [0, 0.05) is 14.2 Å². The van der Waals surface area contributed by atoms with Crippen LogP contribution >= 0.6 is 23.4 Å². The van der Waals surface area contributed by atoms with Gasteiger partial charge in [-0.25, -0.2) is 0 Å². The van der Waals surface area contributed by atoms with Gasteiger partial charge in [-0.1, -0.05) is 182 Å². The lowest BCUT2D eigenvalue weighted by Gasteiger charge is -2.30. The van der Waals surface area contributed by atoms with Gasteiger partial charge in [-0.15, -0.1) is 0 Å². The van der Waals surface area contributed by atoms with E-state index in [2.05, 4.69) is 182 Å². The van der Waals surface area contributed by atoms with Crippen molar-refractivity contribution >= 4 is 82.1 Å². The van der Waals surface area contributed by atoms with E-state index in [1.807, 2.05) is 6.07 Å². The second kappa shape index (κ2) is 15.1. The Bertz CT molecular complexity index is 2440. The van der Waals surface area contributed by atoms with Gasteiger partial charge >= 0.3 is 7.60 Å². The van der Waals surface area contributed by atoms with Crippen molar-refractivity contribution in [3.8, 4) is 11.1 Å². The van der Waals surface area contributed by atoms with Crippen molar-refractivity contribution in [2.75, 3.05) is 14.2 Å². The third-order valence-electron chi connectivity index (χ3n) is 9.47. The molecule has 52 heavy (non-hydrogen) atoms. The zero-order valence-electron chi connectivity index (χ0n) is 29.0. The van der Waals surface area contributed by atoms with Crippen LogP contribution in [0.5, 0.6) is 0 Å². The molecule has 0 heterocycles.